The molecule has 6 heteroatoms. The fraction of sp³-hybridized carbons (Fsp3) is 0.619. The number of carbonyl (C=O) groups is 2. The van der Waals surface area contributed by atoms with Crippen LogP contribution in [0.5, 0.6) is 5.75 Å². The number of halogens is 1. The average Bonchev–Trinajstić information content (AvgIpc) is 2.71. The highest BCUT2D eigenvalue weighted by Gasteiger charge is 2.32. The first kappa shape index (κ1) is 21.5. The van der Waals surface area contributed by atoms with Crippen LogP contribution in [-0.4, -0.2) is 42.3 Å². The SMILES string of the molecule is CCCCN(C(=O)CCl)[C@H](C(=O)NC1CCCCC1)c1ccc(OC)cc1. The van der Waals surface area contributed by atoms with Gasteiger partial charge in [-0.15, -0.1) is 11.6 Å². The lowest BCUT2D eigenvalue weighted by Gasteiger charge is -2.33. The molecule has 2 amide bonds. The van der Waals surface area contributed by atoms with Gasteiger partial charge < -0.3 is 15.0 Å². The molecule has 0 spiro atoms. The monoisotopic (exact) mass is 394 g/mol. The molecule has 5 nitrogen and oxygen atoms in total. The van der Waals surface area contributed by atoms with Crippen molar-refractivity contribution in [3.8, 4) is 5.75 Å². The largest absolute Gasteiger partial charge is 0.497 e. The number of alkyl halides is 1. The fourth-order valence-corrected chi connectivity index (χ4v) is 3.74. The predicted octanol–water partition coefficient (Wildman–Crippen LogP) is 4.05. The molecule has 1 N–H and O–H groups in total. The van der Waals surface area contributed by atoms with Gasteiger partial charge in [-0.05, 0) is 37.0 Å². The van der Waals surface area contributed by atoms with E-state index >= 15 is 0 Å². The highest BCUT2D eigenvalue weighted by molar-refractivity contribution is 6.27. The Morgan fingerprint density at radius 1 is 1.22 bits per heavy atom. The van der Waals surface area contributed by atoms with Gasteiger partial charge in [-0.1, -0.05) is 44.7 Å². The fourth-order valence-electron chi connectivity index (χ4n) is 3.59. The van der Waals surface area contributed by atoms with E-state index in [1.165, 1.54) is 6.42 Å². The third kappa shape index (κ3) is 6.13. The first-order valence-electron chi connectivity index (χ1n) is 9.90. The lowest BCUT2D eigenvalue weighted by Crippen LogP contribution is -2.47. The number of nitrogens with one attached hydrogen (secondary N) is 1. The van der Waals surface area contributed by atoms with E-state index < -0.39 is 6.04 Å². The normalized spacial score (nSPS) is 15.8. The number of ether oxygens (including phenoxy) is 1. The summed E-state index contributed by atoms with van der Waals surface area (Å²) in [5, 5.41) is 3.17. The number of methoxy groups -OCH3 is 1. The lowest BCUT2D eigenvalue weighted by atomic mass is 9.94. The van der Waals surface area contributed by atoms with Crippen LogP contribution in [0.4, 0.5) is 0 Å². The molecule has 0 heterocycles. The molecule has 0 unspecified atom stereocenters. The minimum absolute atomic E-state index is 0.123. The Labute approximate surface area is 167 Å². The summed E-state index contributed by atoms with van der Waals surface area (Å²) < 4.78 is 5.22. The van der Waals surface area contributed by atoms with E-state index in [1.54, 1.807) is 12.0 Å². The van der Waals surface area contributed by atoms with E-state index in [9.17, 15) is 9.59 Å². The van der Waals surface area contributed by atoms with Crippen LogP contribution < -0.4 is 10.1 Å². The van der Waals surface area contributed by atoms with Crippen LogP contribution in [0.3, 0.4) is 0 Å². The maximum Gasteiger partial charge on any atom is 0.247 e. The molecule has 1 aromatic rings. The molecule has 1 aliphatic rings. The van der Waals surface area contributed by atoms with Crippen LogP contribution in [0.25, 0.3) is 0 Å². The molecule has 1 fully saturated rings. The van der Waals surface area contributed by atoms with E-state index in [0.717, 1.165) is 44.1 Å². The van der Waals surface area contributed by atoms with Crippen molar-refractivity contribution in [1.82, 2.24) is 10.2 Å². The first-order valence-corrected chi connectivity index (χ1v) is 10.4. The molecule has 0 radical (unpaired) electrons. The summed E-state index contributed by atoms with van der Waals surface area (Å²) in [6.45, 7) is 2.57. The standard InChI is InChI=1S/C21H31ClN2O3/c1-3-4-14-24(19(25)15-22)20(16-10-12-18(27-2)13-11-16)21(26)23-17-8-6-5-7-9-17/h10-13,17,20H,3-9,14-15H2,1-2H3,(H,23,26)/t20-/m0/s1. The molecule has 1 saturated carbocycles. The Kier molecular flexibility index (Phi) is 8.92. The van der Waals surface area contributed by atoms with Crippen LogP contribution in [0, 0.1) is 0 Å². The molecule has 0 aromatic heterocycles. The van der Waals surface area contributed by atoms with Gasteiger partial charge >= 0.3 is 0 Å². The number of unbranched alkanes of at least 4 members (excludes halogenated alkanes) is 1. The average molecular weight is 395 g/mol. The van der Waals surface area contributed by atoms with Gasteiger partial charge in [0.15, 0.2) is 0 Å². The molecule has 2 rings (SSSR count). The summed E-state index contributed by atoms with van der Waals surface area (Å²) in [6, 6.07) is 6.86. The maximum absolute atomic E-state index is 13.2. The van der Waals surface area contributed by atoms with E-state index in [4.69, 9.17) is 16.3 Å². The molecule has 1 atom stereocenters. The van der Waals surface area contributed by atoms with Gasteiger partial charge in [0.2, 0.25) is 11.8 Å². The van der Waals surface area contributed by atoms with Gasteiger partial charge in [-0.3, -0.25) is 9.59 Å². The number of hydrogen-bond donors (Lipinski definition) is 1. The third-order valence-corrected chi connectivity index (χ3v) is 5.36. The van der Waals surface area contributed by atoms with Gasteiger partial charge in [0.25, 0.3) is 0 Å². The van der Waals surface area contributed by atoms with E-state index in [1.807, 2.05) is 24.3 Å². The quantitative estimate of drug-likeness (QED) is 0.642. The highest BCUT2D eigenvalue weighted by atomic mass is 35.5. The number of hydrogen-bond acceptors (Lipinski definition) is 3. The number of nitrogens with zero attached hydrogens (tertiary/aromatic N) is 1. The van der Waals surface area contributed by atoms with E-state index in [0.29, 0.717) is 12.3 Å². The predicted molar refractivity (Wildman–Crippen MR) is 108 cm³/mol. The zero-order valence-electron chi connectivity index (χ0n) is 16.4. The number of carbonyl (C=O) groups excluding carboxylic acids is 2. The van der Waals surface area contributed by atoms with Crippen LogP contribution in [0.15, 0.2) is 24.3 Å². The topological polar surface area (TPSA) is 58.6 Å². The van der Waals surface area contributed by atoms with Gasteiger partial charge in [0.05, 0.1) is 7.11 Å². The zero-order valence-corrected chi connectivity index (χ0v) is 17.1. The molecule has 1 aliphatic carbocycles. The summed E-state index contributed by atoms with van der Waals surface area (Å²) in [5.74, 6) is 0.243. The Balaban J connectivity index is 2.28. The van der Waals surface area contributed by atoms with Crippen LogP contribution in [0.2, 0.25) is 0 Å². The van der Waals surface area contributed by atoms with Crippen LogP contribution in [0.1, 0.15) is 63.5 Å². The van der Waals surface area contributed by atoms with Gasteiger partial charge in [0.1, 0.15) is 17.7 Å². The second-order valence-corrected chi connectivity index (χ2v) is 7.36. The van der Waals surface area contributed by atoms with Crippen molar-refractivity contribution >= 4 is 23.4 Å². The van der Waals surface area contributed by atoms with Crippen molar-refractivity contribution in [1.29, 1.82) is 0 Å². The number of rotatable bonds is 9. The second-order valence-electron chi connectivity index (χ2n) is 7.09. The molecule has 150 valence electrons. The van der Waals surface area contributed by atoms with Crippen molar-refractivity contribution < 1.29 is 14.3 Å². The van der Waals surface area contributed by atoms with Crippen LogP contribution in [-0.2, 0) is 9.59 Å². The summed E-state index contributed by atoms with van der Waals surface area (Å²) in [6.07, 6.45) is 7.26. The lowest BCUT2D eigenvalue weighted by molar-refractivity contribution is -0.139. The maximum atomic E-state index is 13.2. The molecular formula is C21H31ClN2O3. The minimum Gasteiger partial charge on any atom is -0.497 e. The first-order chi connectivity index (χ1) is 13.1. The Morgan fingerprint density at radius 3 is 2.44 bits per heavy atom. The number of benzene rings is 1. The summed E-state index contributed by atoms with van der Waals surface area (Å²) >= 11 is 5.86. The summed E-state index contributed by atoms with van der Waals surface area (Å²) in [4.78, 5) is 27.4. The van der Waals surface area contributed by atoms with Gasteiger partial charge in [-0.25, -0.2) is 0 Å². The van der Waals surface area contributed by atoms with E-state index in [-0.39, 0.29) is 23.7 Å². The third-order valence-electron chi connectivity index (χ3n) is 5.13. The zero-order chi connectivity index (χ0) is 19.6. The second kappa shape index (κ2) is 11.2. The van der Waals surface area contributed by atoms with Crippen molar-refractivity contribution in [2.45, 2.75) is 64.0 Å². The smallest absolute Gasteiger partial charge is 0.247 e. The Morgan fingerprint density at radius 2 is 1.89 bits per heavy atom. The van der Waals surface area contributed by atoms with E-state index in [2.05, 4.69) is 12.2 Å². The van der Waals surface area contributed by atoms with Gasteiger partial charge in [-0.2, -0.15) is 0 Å². The number of amides is 2. The molecule has 0 saturated heterocycles. The van der Waals surface area contributed by atoms with Crippen molar-refractivity contribution in [2.24, 2.45) is 0 Å². The molecule has 0 bridgehead atoms. The molecule has 27 heavy (non-hydrogen) atoms. The minimum atomic E-state index is -0.671. The van der Waals surface area contributed by atoms with Gasteiger partial charge in [0, 0.05) is 12.6 Å². The van der Waals surface area contributed by atoms with Crippen molar-refractivity contribution in [2.75, 3.05) is 19.5 Å². The summed E-state index contributed by atoms with van der Waals surface area (Å²) in [7, 11) is 1.60. The molecule has 0 aliphatic heterocycles. The Hall–Kier alpha value is -1.75. The van der Waals surface area contributed by atoms with Crippen molar-refractivity contribution in [3.05, 3.63) is 29.8 Å². The highest BCUT2D eigenvalue weighted by Crippen LogP contribution is 2.26. The summed E-state index contributed by atoms with van der Waals surface area (Å²) in [5.41, 5.74) is 0.777. The molecule has 1 aromatic carbocycles. The molecular weight excluding hydrogens is 364 g/mol. The van der Waals surface area contributed by atoms with Crippen LogP contribution >= 0.6 is 11.6 Å². The Bertz CT molecular complexity index is 600. The van der Waals surface area contributed by atoms with Crippen molar-refractivity contribution in [3.63, 3.8) is 0 Å².